The Morgan fingerprint density at radius 2 is 2.12 bits per heavy atom. The van der Waals surface area contributed by atoms with Crippen molar-refractivity contribution in [2.24, 2.45) is 0 Å². The first-order valence-corrected chi connectivity index (χ1v) is 9.02. The molecule has 1 atom stereocenters. The number of aryl methyl sites for hydroxylation is 2. The lowest BCUT2D eigenvalue weighted by atomic mass is 9.89. The quantitative estimate of drug-likeness (QED) is 0.869. The summed E-state index contributed by atoms with van der Waals surface area (Å²) in [6.45, 7) is 8.06. The van der Waals surface area contributed by atoms with Gasteiger partial charge in [0.2, 0.25) is 0 Å². The second-order valence-corrected chi connectivity index (χ2v) is 7.08. The molecular weight excluding hydrogens is 312 g/mol. The number of ketones is 1. The van der Waals surface area contributed by atoms with Crippen molar-refractivity contribution in [1.29, 1.82) is 0 Å². The summed E-state index contributed by atoms with van der Waals surface area (Å²) in [4.78, 5) is 23.7. The minimum Gasteiger partial charge on any atom is -0.314 e. The number of carbonyl (C=O) groups is 1. The Kier molecular flexibility index (Phi) is 4.36. The molecule has 1 N–H and O–H groups in total. The highest BCUT2D eigenvalue weighted by Crippen LogP contribution is 2.31. The van der Waals surface area contributed by atoms with Gasteiger partial charge in [-0.25, -0.2) is 9.97 Å². The molecule has 0 amide bonds. The molecule has 1 aromatic carbocycles. The first-order chi connectivity index (χ1) is 12.1. The van der Waals surface area contributed by atoms with Crippen molar-refractivity contribution in [3.63, 3.8) is 0 Å². The highest BCUT2D eigenvalue weighted by molar-refractivity contribution is 5.95. The van der Waals surface area contributed by atoms with Gasteiger partial charge in [0.25, 0.3) is 0 Å². The minimum absolute atomic E-state index is 0.0605. The zero-order valence-corrected chi connectivity index (χ0v) is 14.9. The predicted molar refractivity (Wildman–Crippen MR) is 96.9 cm³/mol. The van der Waals surface area contributed by atoms with Crippen LogP contribution in [0.5, 0.6) is 0 Å². The van der Waals surface area contributed by atoms with Crippen molar-refractivity contribution in [3.8, 4) is 0 Å². The molecule has 0 unspecified atom stereocenters. The minimum atomic E-state index is 0.0605. The standard InChI is InChI=1S/C20H24N4O/c1-13-9-18(23-14(2)22-13)20(25)11-15-3-4-17-16(10-15)5-7-24-8-6-21-12-19(17)24/h3-4,9-10,19,21H,5-8,11-12H2,1-2H3/t19-/m0/s1. The van der Waals surface area contributed by atoms with E-state index in [9.17, 15) is 4.79 Å². The van der Waals surface area contributed by atoms with Crippen molar-refractivity contribution in [2.45, 2.75) is 32.7 Å². The first-order valence-electron chi connectivity index (χ1n) is 9.02. The number of nitrogens with one attached hydrogen (secondary N) is 1. The van der Waals surface area contributed by atoms with Crippen LogP contribution < -0.4 is 5.32 Å². The van der Waals surface area contributed by atoms with Gasteiger partial charge in [0.1, 0.15) is 11.5 Å². The summed E-state index contributed by atoms with van der Waals surface area (Å²) in [7, 11) is 0. The molecule has 4 rings (SSSR count). The summed E-state index contributed by atoms with van der Waals surface area (Å²) in [6.07, 6.45) is 1.47. The molecule has 2 aliphatic heterocycles. The van der Waals surface area contributed by atoms with Crippen LogP contribution in [0.25, 0.3) is 0 Å². The van der Waals surface area contributed by atoms with E-state index in [4.69, 9.17) is 0 Å². The molecule has 2 aliphatic rings. The van der Waals surface area contributed by atoms with Gasteiger partial charge in [-0.05, 0) is 43.0 Å². The average Bonchev–Trinajstić information content (AvgIpc) is 2.60. The van der Waals surface area contributed by atoms with Crippen LogP contribution in [0.4, 0.5) is 0 Å². The summed E-state index contributed by atoms with van der Waals surface area (Å²) in [6, 6.07) is 8.81. The first kappa shape index (κ1) is 16.4. The van der Waals surface area contributed by atoms with Gasteiger partial charge in [-0.3, -0.25) is 9.69 Å². The van der Waals surface area contributed by atoms with Gasteiger partial charge < -0.3 is 5.32 Å². The maximum absolute atomic E-state index is 12.6. The van der Waals surface area contributed by atoms with E-state index in [-0.39, 0.29) is 5.78 Å². The zero-order chi connectivity index (χ0) is 17.4. The normalized spacial score (nSPS) is 20.0. The molecule has 2 aromatic rings. The van der Waals surface area contributed by atoms with Crippen molar-refractivity contribution in [3.05, 3.63) is 58.2 Å². The van der Waals surface area contributed by atoms with Crippen LogP contribution in [-0.2, 0) is 12.8 Å². The maximum Gasteiger partial charge on any atom is 0.185 e. The third-order valence-electron chi connectivity index (χ3n) is 5.21. The van der Waals surface area contributed by atoms with E-state index in [1.54, 1.807) is 6.07 Å². The Morgan fingerprint density at radius 3 is 2.96 bits per heavy atom. The van der Waals surface area contributed by atoms with Crippen molar-refractivity contribution < 1.29 is 4.79 Å². The van der Waals surface area contributed by atoms with Gasteiger partial charge in [0.15, 0.2) is 5.78 Å². The molecule has 0 spiro atoms. The Balaban J connectivity index is 1.55. The summed E-state index contributed by atoms with van der Waals surface area (Å²) < 4.78 is 0. The maximum atomic E-state index is 12.6. The van der Waals surface area contributed by atoms with E-state index in [2.05, 4.69) is 38.4 Å². The summed E-state index contributed by atoms with van der Waals surface area (Å²) >= 11 is 0. The number of aromatic nitrogens is 2. The topological polar surface area (TPSA) is 58.1 Å². The molecule has 1 aromatic heterocycles. The Bertz CT molecular complexity index is 797. The van der Waals surface area contributed by atoms with Crippen LogP contribution in [0.2, 0.25) is 0 Å². The lowest BCUT2D eigenvalue weighted by Gasteiger charge is -2.41. The average molecular weight is 336 g/mol. The number of nitrogens with zero attached hydrogens (tertiary/aromatic N) is 3. The Morgan fingerprint density at radius 1 is 1.24 bits per heavy atom. The number of Topliss-reactive ketones (excluding diaryl/α,β-unsaturated/α-hetero) is 1. The largest absolute Gasteiger partial charge is 0.314 e. The van der Waals surface area contributed by atoms with Crippen LogP contribution in [0.15, 0.2) is 24.3 Å². The van der Waals surface area contributed by atoms with E-state index >= 15 is 0 Å². The Labute approximate surface area is 148 Å². The lowest BCUT2D eigenvalue weighted by Crippen LogP contribution is -2.48. The van der Waals surface area contributed by atoms with Crippen LogP contribution in [0.1, 0.15) is 44.7 Å². The molecule has 0 radical (unpaired) electrons. The highest BCUT2D eigenvalue weighted by Gasteiger charge is 2.29. The number of benzene rings is 1. The number of hydrogen-bond donors (Lipinski definition) is 1. The van der Waals surface area contributed by atoms with E-state index in [0.717, 1.165) is 43.9 Å². The Hall–Kier alpha value is -2.11. The summed E-state index contributed by atoms with van der Waals surface area (Å²) in [5, 5.41) is 3.49. The van der Waals surface area contributed by atoms with Gasteiger partial charge in [-0.2, -0.15) is 0 Å². The fourth-order valence-corrected chi connectivity index (χ4v) is 4.03. The molecular formula is C20H24N4O. The molecule has 0 bridgehead atoms. The highest BCUT2D eigenvalue weighted by atomic mass is 16.1. The molecule has 25 heavy (non-hydrogen) atoms. The van der Waals surface area contributed by atoms with Gasteiger partial charge in [-0.1, -0.05) is 18.2 Å². The number of hydrogen-bond acceptors (Lipinski definition) is 5. The van der Waals surface area contributed by atoms with E-state index in [0.29, 0.717) is 24.0 Å². The predicted octanol–water partition coefficient (Wildman–Crippen LogP) is 2.02. The summed E-state index contributed by atoms with van der Waals surface area (Å²) in [5.74, 6) is 0.712. The third-order valence-corrected chi connectivity index (χ3v) is 5.21. The van der Waals surface area contributed by atoms with E-state index < -0.39 is 0 Å². The fraction of sp³-hybridized carbons (Fsp3) is 0.450. The third kappa shape index (κ3) is 3.34. The van der Waals surface area contributed by atoms with Crippen LogP contribution in [0.3, 0.4) is 0 Å². The van der Waals surface area contributed by atoms with E-state index in [1.807, 2.05) is 13.8 Å². The van der Waals surface area contributed by atoms with Gasteiger partial charge in [-0.15, -0.1) is 0 Å². The molecule has 3 heterocycles. The molecule has 1 fully saturated rings. The molecule has 130 valence electrons. The molecule has 5 heteroatoms. The number of fused-ring (bicyclic) bond motifs is 3. The van der Waals surface area contributed by atoms with Gasteiger partial charge in [0, 0.05) is 44.3 Å². The molecule has 1 saturated heterocycles. The van der Waals surface area contributed by atoms with Crippen molar-refractivity contribution >= 4 is 5.78 Å². The second-order valence-electron chi connectivity index (χ2n) is 7.08. The monoisotopic (exact) mass is 336 g/mol. The van der Waals surface area contributed by atoms with Gasteiger partial charge >= 0.3 is 0 Å². The van der Waals surface area contributed by atoms with Crippen molar-refractivity contribution in [1.82, 2.24) is 20.2 Å². The molecule has 5 nitrogen and oxygen atoms in total. The SMILES string of the molecule is Cc1cc(C(=O)Cc2ccc3c(c2)CCN2CCNC[C@@H]32)nc(C)n1. The number of carbonyl (C=O) groups excluding carboxylic acids is 1. The lowest BCUT2D eigenvalue weighted by molar-refractivity contribution is 0.0987. The van der Waals surface area contributed by atoms with Crippen LogP contribution in [0, 0.1) is 13.8 Å². The molecule has 0 aliphatic carbocycles. The number of piperazine rings is 1. The smallest absolute Gasteiger partial charge is 0.185 e. The zero-order valence-electron chi connectivity index (χ0n) is 14.9. The second kappa shape index (κ2) is 6.65. The number of rotatable bonds is 3. The van der Waals surface area contributed by atoms with Gasteiger partial charge in [0.05, 0.1) is 0 Å². The van der Waals surface area contributed by atoms with Crippen LogP contribution >= 0.6 is 0 Å². The van der Waals surface area contributed by atoms with E-state index in [1.165, 1.54) is 11.1 Å². The van der Waals surface area contributed by atoms with Crippen LogP contribution in [-0.4, -0.2) is 46.8 Å². The fourth-order valence-electron chi connectivity index (χ4n) is 4.03. The van der Waals surface area contributed by atoms with Crippen molar-refractivity contribution in [2.75, 3.05) is 26.2 Å². The molecule has 0 saturated carbocycles. The summed E-state index contributed by atoms with van der Waals surface area (Å²) in [5.41, 5.74) is 5.25.